The predicted octanol–water partition coefficient (Wildman–Crippen LogP) is 2.02. The van der Waals surface area contributed by atoms with E-state index in [1.165, 1.54) is 0 Å². The maximum absolute atomic E-state index is 12.6. The fraction of sp³-hybridized carbons (Fsp3) is 0.923. The molecule has 0 aromatic carbocycles. The third kappa shape index (κ3) is 2.57. The number of rotatable bonds is 5. The van der Waals surface area contributed by atoms with Crippen LogP contribution in [-0.2, 0) is 4.79 Å². The molecule has 1 unspecified atom stereocenters. The molecule has 0 spiro atoms. The summed E-state index contributed by atoms with van der Waals surface area (Å²) in [5.41, 5.74) is -0.126. The molecule has 1 saturated heterocycles. The lowest BCUT2D eigenvalue weighted by Crippen LogP contribution is -2.48. The molecule has 1 amide bonds. The highest BCUT2D eigenvalue weighted by molar-refractivity contribution is 5.83. The Hall–Kier alpha value is -0.570. The second-order valence-electron chi connectivity index (χ2n) is 5.15. The topological polar surface area (TPSA) is 32.3 Å². The van der Waals surface area contributed by atoms with Crippen LogP contribution in [0.5, 0.6) is 0 Å². The molecule has 1 rings (SSSR count). The molecular weight excluding hydrogens is 200 g/mol. The molecule has 1 N–H and O–H groups in total. The van der Waals surface area contributed by atoms with E-state index in [0.29, 0.717) is 11.9 Å². The second kappa shape index (κ2) is 5.67. The molecule has 0 aromatic rings. The highest BCUT2D eigenvalue weighted by Gasteiger charge is 2.42. The van der Waals surface area contributed by atoms with Gasteiger partial charge in [0.1, 0.15) is 0 Å². The molecule has 1 heterocycles. The molecule has 0 saturated carbocycles. The lowest BCUT2D eigenvalue weighted by Gasteiger charge is -2.35. The Labute approximate surface area is 99.6 Å². The van der Waals surface area contributed by atoms with E-state index < -0.39 is 0 Å². The van der Waals surface area contributed by atoms with E-state index in [1.54, 1.807) is 0 Å². The summed E-state index contributed by atoms with van der Waals surface area (Å²) in [6.07, 6.45) is 2.98. The molecule has 0 aromatic heterocycles. The minimum Gasteiger partial charge on any atom is -0.340 e. The van der Waals surface area contributed by atoms with Crippen molar-refractivity contribution in [2.24, 2.45) is 5.41 Å². The summed E-state index contributed by atoms with van der Waals surface area (Å²) in [5.74, 6) is 0.358. The molecule has 3 nitrogen and oxygen atoms in total. The normalized spacial score (nSPS) is 25.1. The number of hydrogen-bond acceptors (Lipinski definition) is 2. The summed E-state index contributed by atoms with van der Waals surface area (Å²) in [7, 11) is 0. The van der Waals surface area contributed by atoms with Crippen molar-refractivity contribution >= 4 is 5.91 Å². The van der Waals surface area contributed by atoms with E-state index in [9.17, 15) is 4.79 Å². The number of hydrogen-bond donors (Lipinski definition) is 1. The van der Waals surface area contributed by atoms with Crippen molar-refractivity contribution in [3.8, 4) is 0 Å². The summed E-state index contributed by atoms with van der Waals surface area (Å²) < 4.78 is 0. The lowest BCUT2D eigenvalue weighted by molar-refractivity contribution is -0.143. The van der Waals surface area contributed by atoms with Crippen LogP contribution in [0.1, 0.15) is 47.0 Å². The van der Waals surface area contributed by atoms with Gasteiger partial charge in [-0.3, -0.25) is 4.79 Å². The first-order valence-electron chi connectivity index (χ1n) is 6.59. The highest BCUT2D eigenvalue weighted by atomic mass is 16.2. The summed E-state index contributed by atoms with van der Waals surface area (Å²) >= 11 is 0. The Morgan fingerprint density at radius 1 is 1.44 bits per heavy atom. The van der Waals surface area contributed by atoms with Gasteiger partial charge in [0, 0.05) is 19.1 Å². The van der Waals surface area contributed by atoms with Crippen LogP contribution in [0, 0.1) is 5.41 Å². The second-order valence-corrected chi connectivity index (χ2v) is 5.15. The molecule has 94 valence electrons. The zero-order valence-electron chi connectivity index (χ0n) is 11.2. The minimum atomic E-state index is -0.126. The van der Waals surface area contributed by atoms with Crippen LogP contribution < -0.4 is 5.32 Å². The Morgan fingerprint density at radius 3 is 2.50 bits per heavy atom. The molecule has 16 heavy (non-hydrogen) atoms. The van der Waals surface area contributed by atoms with Gasteiger partial charge in [0.15, 0.2) is 0 Å². The van der Waals surface area contributed by atoms with Gasteiger partial charge < -0.3 is 10.2 Å². The predicted molar refractivity (Wildman–Crippen MR) is 67.4 cm³/mol. The zero-order chi connectivity index (χ0) is 12.2. The average molecular weight is 226 g/mol. The van der Waals surface area contributed by atoms with Crippen LogP contribution in [0.4, 0.5) is 0 Å². The van der Waals surface area contributed by atoms with Crippen molar-refractivity contribution in [3.05, 3.63) is 0 Å². The first-order chi connectivity index (χ1) is 7.57. The van der Waals surface area contributed by atoms with E-state index in [1.807, 2.05) is 0 Å². The van der Waals surface area contributed by atoms with Crippen LogP contribution in [-0.4, -0.2) is 36.5 Å². The largest absolute Gasteiger partial charge is 0.340 e. The van der Waals surface area contributed by atoms with Crippen LogP contribution in [0.3, 0.4) is 0 Å². The van der Waals surface area contributed by atoms with Crippen molar-refractivity contribution < 1.29 is 4.79 Å². The number of nitrogens with zero attached hydrogens (tertiary/aromatic N) is 1. The van der Waals surface area contributed by atoms with Gasteiger partial charge in [-0.05, 0) is 39.7 Å². The van der Waals surface area contributed by atoms with Gasteiger partial charge in [-0.15, -0.1) is 0 Å². The summed E-state index contributed by atoms with van der Waals surface area (Å²) in [4.78, 5) is 14.7. The fourth-order valence-corrected chi connectivity index (χ4v) is 2.52. The quantitative estimate of drug-likeness (QED) is 0.778. The smallest absolute Gasteiger partial charge is 0.230 e. The van der Waals surface area contributed by atoms with Gasteiger partial charge >= 0.3 is 0 Å². The maximum atomic E-state index is 12.6. The number of carbonyl (C=O) groups excluding carboxylic acids is 1. The molecule has 1 aliphatic rings. The third-order valence-electron chi connectivity index (χ3n) is 3.72. The Bertz CT molecular complexity index is 232. The first-order valence-corrected chi connectivity index (χ1v) is 6.59. The first kappa shape index (κ1) is 13.5. The summed E-state index contributed by atoms with van der Waals surface area (Å²) in [6.45, 7) is 11.2. The van der Waals surface area contributed by atoms with Crippen molar-refractivity contribution in [2.75, 3.05) is 19.6 Å². The molecule has 1 aliphatic heterocycles. The van der Waals surface area contributed by atoms with Crippen molar-refractivity contribution in [2.45, 2.75) is 53.0 Å². The monoisotopic (exact) mass is 226 g/mol. The third-order valence-corrected chi connectivity index (χ3v) is 3.72. The van der Waals surface area contributed by atoms with Gasteiger partial charge in [-0.25, -0.2) is 0 Å². The molecule has 0 bridgehead atoms. The average Bonchev–Trinajstić information content (AvgIpc) is 2.74. The molecule has 1 atom stereocenters. The van der Waals surface area contributed by atoms with Crippen LogP contribution in [0.2, 0.25) is 0 Å². The van der Waals surface area contributed by atoms with Crippen LogP contribution >= 0.6 is 0 Å². The number of carbonyl (C=O) groups is 1. The van der Waals surface area contributed by atoms with Gasteiger partial charge in [0.2, 0.25) is 5.91 Å². The number of amides is 1. The molecule has 1 fully saturated rings. The van der Waals surface area contributed by atoms with Crippen molar-refractivity contribution in [3.63, 3.8) is 0 Å². The van der Waals surface area contributed by atoms with Crippen LogP contribution in [0.25, 0.3) is 0 Å². The van der Waals surface area contributed by atoms with E-state index in [-0.39, 0.29) is 5.41 Å². The van der Waals surface area contributed by atoms with E-state index in [4.69, 9.17) is 0 Å². The standard InChI is InChI=1S/C13H26N2O/c1-5-9-15(11(3)4)12(16)13(6-2)7-8-14-10-13/h11,14H,5-10H2,1-4H3. The zero-order valence-corrected chi connectivity index (χ0v) is 11.2. The van der Waals surface area contributed by atoms with Gasteiger partial charge in [0.05, 0.1) is 5.41 Å². The Kier molecular flexibility index (Phi) is 4.78. The van der Waals surface area contributed by atoms with E-state index in [0.717, 1.165) is 38.9 Å². The van der Waals surface area contributed by atoms with Gasteiger partial charge in [-0.1, -0.05) is 13.8 Å². The Morgan fingerprint density at radius 2 is 2.12 bits per heavy atom. The highest BCUT2D eigenvalue weighted by Crippen LogP contribution is 2.32. The maximum Gasteiger partial charge on any atom is 0.230 e. The fourth-order valence-electron chi connectivity index (χ4n) is 2.52. The molecule has 0 aliphatic carbocycles. The minimum absolute atomic E-state index is 0.126. The number of nitrogens with one attached hydrogen (secondary N) is 1. The van der Waals surface area contributed by atoms with Gasteiger partial charge in [-0.2, -0.15) is 0 Å². The van der Waals surface area contributed by atoms with Crippen molar-refractivity contribution in [1.82, 2.24) is 10.2 Å². The molecule has 3 heteroatoms. The molecular formula is C13H26N2O. The molecule has 0 radical (unpaired) electrons. The SMILES string of the molecule is CCCN(C(=O)C1(CC)CCNC1)C(C)C. The summed E-state index contributed by atoms with van der Waals surface area (Å²) in [5, 5.41) is 3.33. The van der Waals surface area contributed by atoms with Crippen molar-refractivity contribution in [1.29, 1.82) is 0 Å². The van der Waals surface area contributed by atoms with Gasteiger partial charge in [0.25, 0.3) is 0 Å². The van der Waals surface area contributed by atoms with E-state index >= 15 is 0 Å². The lowest BCUT2D eigenvalue weighted by atomic mass is 9.82. The summed E-state index contributed by atoms with van der Waals surface area (Å²) in [6, 6.07) is 0.316. The van der Waals surface area contributed by atoms with E-state index in [2.05, 4.69) is 37.9 Å². The van der Waals surface area contributed by atoms with Crippen LogP contribution in [0.15, 0.2) is 0 Å². The Balaban J connectivity index is 2.79.